The first kappa shape index (κ1) is 21.4. The highest BCUT2D eigenvalue weighted by Crippen LogP contribution is 2.59. The summed E-state index contributed by atoms with van der Waals surface area (Å²) in [5, 5.41) is 21.7. The number of ether oxygens (including phenoxy) is 2. The smallest absolute Gasteiger partial charge is 0.238 e. The first-order chi connectivity index (χ1) is 15.3. The van der Waals surface area contributed by atoms with E-state index >= 15 is 0 Å². The molecule has 6 atom stereocenters. The number of methoxy groups -OCH3 is 1. The van der Waals surface area contributed by atoms with Crippen LogP contribution in [-0.2, 0) is 19.1 Å². The molecule has 0 spiro atoms. The zero-order valence-electron chi connectivity index (χ0n) is 17.5. The second-order valence-corrected chi connectivity index (χ2v) is 9.18. The van der Waals surface area contributed by atoms with Crippen LogP contribution in [0.5, 0.6) is 5.75 Å². The molecule has 2 heterocycles. The summed E-state index contributed by atoms with van der Waals surface area (Å²) in [7, 11) is 1.53. The van der Waals surface area contributed by atoms with Crippen molar-refractivity contribution in [1.82, 2.24) is 0 Å². The molecule has 2 aliphatic heterocycles. The number of halogens is 1. The summed E-state index contributed by atoms with van der Waals surface area (Å²) in [6, 6.07) is 13.4. The fourth-order valence-corrected chi connectivity index (χ4v) is 5.97. The normalized spacial score (nSPS) is 34.0. The van der Waals surface area contributed by atoms with Crippen LogP contribution in [-0.4, -0.2) is 41.5 Å². The molecule has 0 bridgehead atoms. The minimum atomic E-state index is -1.63. The van der Waals surface area contributed by atoms with Crippen molar-refractivity contribution in [2.45, 2.75) is 24.7 Å². The van der Waals surface area contributed by atoms with E-state index in [1.165, 1.54) is 24.1 Å². The Morgan fingerprint density at radius 3 is 2.59 bits per heavy atom. The van der Waals surface area contributed by atoms with Gasteiger partial charge in [0, 0.05) is 18.9 Å². The molecule has 2 aromatic carbocycles. The maximum Gasteiger partial charge on any atom is 0.238 e. The SMILES string of the molecule is COC[C@H]1C[C@@H]2C(=O)N(c3ccccc3)C(=O)[C@@H]2[C@@H]2C[C@@H](c3ccc(O)cc3Cl)O[C@]12O. The van der Waals surface area contributed by atoms with E-state index in [-0.39, 0.29) is 30.6 Å². The molecule has 2 aromatic rings. The molecule has 1 saturated carbocycles. The second-order valence-electron chi connectivity index (χ2n) is 8.77. The molecule has 0 unspecified atom stereocenters. The second kappa shape index (κ2) is 7.85. The van der Waals surface area contributed by atoms with Crippen LogP contribution in [0.1, 0.15) is 24.5 Å². The first-order valence-corrected chi connectivity index (χ1v) is 11.0. The van der Waals surface area contributed by atoms with Crippen molar-refractivity contribution >= 4 is 29.1 Å². The lowest BCUT2D eigenvalue weighted by molar-refractivity contribution is -0.275. The summed E-state index contributed by atoms with van der Waals surface area (Å²) < 4.78 is 11.5. The fraction of sp³-hybridized carbons (Fsp3) is 0.417. The van der Waals surface area contributed by atoms with E-state index in [9.17, 15) is 19.8 Å². The summed E-state index contributed by atoms with van der Waals surface area (Å²) in [4.78, 5) is 28.1. The Kier molecular flexibility index (Phi) is 5.25. The Morgan fingerprint density at radius 1 is 1.16 bits per heavy atom. The van der Waals surface area contributed by atoms with Gasteiger partial charge in [-0.2, -0.15) is 0 Å². The Balaban J connectivity index is 1.54. The largest absolute Gasteiger partial charge is 0.508 e. The number of imide groups is 1. The third-order valence-electron chi connectivity index (χ3n) is 7.08. The van der Waals surface area contributed by atoms with Gasteiger partial charge >= 0.3 is 0 Å². The standard InChI is InChI=1S/C24H24ClNO6/c1-31-12-13-9-17-21(23(29)26(22(17)28)14-5-3-2-4-6-14)18-11-20(32-24(13,18)30)16-8-7-15(27)10-19(16)25/h2-8,10,13,17-18,20-21,27,30H,9,11-12H2,1H3/t13-,17+,18+,20+,21+,24-/m1/s1. The molecule has 0 radical (unpaired) electrons. The molecule has 0 aromatic heterocycles. The quantitative estimate of drug-likeness (QED) is 0.684. The Bertz CT molecular complexity index is 1060. The Morgan fingerprint density at radius 2 is 1.91 bits per heavy atom. The van der Waals surface area contributed by atoms with E-state index in [0.717, 1.165) is 0 Å². The van der Waals surface area contributed by atoms with Crippen molar-refractivity contribution in [3.05, 3.63) is 59.1 Å². The van der Waals surface area contributed by atoms with Gasteiger partial charge in [-0.15, -0.1) is 0 Å². The average molecular weight is 458 g/mol. The van der Waals surface area contributed by atoms with Crippen LogP contribution >= 0.6 is 11.6 Å². The summed E-state index contributed by atoms with van der Waals surface area (Å²) in [5.41, 5.74) is 1.15. The van der Waals surface area contributed by atoms with Gasteiger partial charge in [0.15, 0.2) is 5.79 Å². The minimum Gasteiger partial charge on any atom is -0.508 e. The van der Waals surface area contributed by atoms with Gasteiger partial charge in [0.05, 0.1) is 35.3 Å². The van der Waals surface area contributed by atoms with Crippen molar-refractivity contribution in [3.8, 4) is 5.75 Å². The number of aliphatic hydroxyl groups is 1. The van der Waals surface area contributed by atoms with Crippen LogP contribution in [0, 0.1) is 23.7 Å². The molecule has 3 aliphatic rings. The van der Waals surface area contributed by atoms with Gasteiger partial charge < -0.3 is 19.7 Å². The topological polar surface area (TPSA) is 96.3 Å². The number of para-hydroxylation sites is 1. The number of aromatic hydroxyl groups is 1. The molecular formula is C24H24ClNO6. The molecule has 2 N–H and O–H groups in total. The third kappa shape index (κ3) is 3.15. The number of hydrogen-bond donors (Lipinski definition) is 2. The molecule has 2 saturated heterocycles. The molecule has 7 nitrogen and oxygen atoms in total. The lowest BCUT2D eigenvalue weighted by atomic mass is 9.64. The lowest BCUT2D eigenvalue weighted by Crippen LogP contribution is -2.54. The molecule has 2 amide bonds. The molecule has 32 heavy (non-hydrogen) atoms. The van der Waals surface area contributed by atoms with Gasteiger partial charge in [-0.3, -0.25) is 14.5 Å². The number of phenols is 1. The fourth-order valence-electron chi connectivity index (χ4n) is 5.68. The number of phenolic OH excluding ortho intramolecular Hbond substituents is 1. The molecule has 8 heteroatoms. The predicted molar refractivity (Wildman–Crippen MR) is 116 cm³/mol. The average Bonchev–Trinajstić information content (AvgIpc) is 3.23. The summed E-state index contributed by atoms with van der Waals surface area (Å²) in [6.45, 7) is 0.194. The van der Waals surface area contributed by atoms with Crippen molar-refractivity contribution in [1.29, 1.82) is 0 Å². The van der Waals surface area contributed by atoms with E-state index in [4.69, 9.17) is 21.1 Å². The molecule has 5 rings (SSSR count). The lowest BCUT2D eigenvalue weighted by Gasteiger charge is -2.44. The van der Waals surface area contributed by atoms with Crippen LogP contribution in [0.2, 0.25) is 5.02 Å². The number of fused-ring (bicyclic) bond motifs is 3. The Labute approximate surface area is 190 Å². The zero-order chi connectivity index (χ0) is 22.6. The van der Waals surface area contributed by atoms with Gasteiger partial charge in [0.25, 0.3) is 0 Å². The van der Waals surface area contributed by atoms with Crippen LogP contribution in [0.25, 0.3) is 0 Å². The van der Waals surface area contributed by atoms with E-state index in [1.54, 1.807) is 30.3 Å². The number of benzene rings is 2. The maximum absolute atomic E-state index is 13.5. The van der Waals surface area contributed by atoms with Crippen LogP contribution < -0.4 is 4.90 Å². The van der Waals surface area contributed by atoms with E-state index in [0.29, 0.717) is 22.7 Å². The predicted octanol–water partition coefficient (Wildman–Crippen LogP) is 3.28. The zero-order valence-corrected chi connectivity index (χ0v) is 18.2. The van der Waals surface area contributed by atoms with Crippen molar-refractivity contribution in [2.24, 2.45) is 23.7 Å². The highest BCUT2D eigenvalue weighted by molar-refractivity contribution is 6.31. The van der Waals surface area contributed by atoms with Gasteiger partial charge in [-0.1, -0.05) is 35.9 Å². The van der Waals surface area contributed by atoms with E-state index in [2.05, 4.69) is 0 Å². The number of nitrogens with zero attached hydrogens (tertiary/aromatic N) is 1. The van der Waals surface area contributed by atoms with E-state index in [1.807, 2.05) is 6.07 Å². The van der Waals surface area contributed by atoms with Crippen LogP contribution in [0.15, 0.2) is 48.5 Å². The number of rotatable bonds is 4. The Hall–Kier alpha value is -2.45. The molecule has 1 aliphatic carbocycles. The number of hydrogen-bond acceptors (Lipinski definition) is 6. The van der Waals surface area contributed by atoms with Gasteiger partial charge in [-0.05, 0) is 42.7 Å². The van der Waals surface area contributed by atoms with Gasteiger partial charge in [-0.25, -0.2) is 0 Å². The summed E-state index contributed by atoms with van der Waals surface area (Å²) in [5.74, 6) is -4.49. The first-order valence-electron chi connectivity index (χ1n) is 10.7. The van der Waals surface area contributed by atoms with Gasteiger partial charge in [0.2, 0.25) is 11.8 Å². The van der Waals surface area contributed by atoms with Crippen molar-refractivity contribution in [2.75, 3.05) is 18.6 Å². The minimum absolute atomic E-state index is 0.0280. The highest BCUT2D eigenvalue weighted by atomic mass is 35.5. The summed E-state index contributed by atoms with van der Waals surface area (Å²) >= 11 is 6.34. The molecular weight excluding hydrogens is 434 g/mol. The van der Waals surface area contributed by atoms with Crippen LogP contribution in [0.3, 0.4) is 0 Å². The van der Waals surface area contributed by atoms with Crippen molar-refractivity contribution in [3.63, 3.8) is 0 Å². The van der Waals surface area contributed by atoms with E-state index < -0.39 is 35.6 Å². The van der Waals surface area contributed by atoms with Crippen molar-refractivity contribution < 1.29 is 29.3 Å². The summed E-state index contributed by atoms with van der Waals surface area (Å²) in [6.07, 6.45) is 0.0318. The number of carbonyl (C=O) groups excluding carboxylic acids is 2. The maximum atomic E-state index is 13.5. The number of carbonyl (C=O) groups is 2. The van der Waals surface area contributed by atoms with Crippen LogP contribution in [0.4, 0.5) is 5.69 Å². The third-order valence-corrected chi connectivity index (χ3v) is 7.40. The monoisotopic (exact) mass is 457 g/mol. The van der Waals surface area contributed by atoms with Gasteiger partial charge in [0.1, 0.15) is 5.75 Å². The molecule has 3 fully saturated rings. The molecule has 168 valence electrons. The number of anilines is 1. The highest BCUT2D eigenvalue weighted by Gasteiger charge is 2.67. The number of amides is 2.